The van der Waals surface area contributed by atoms with Crippen molar-refractivity contribution in [1.29, 1.82) is 5.26 Å². The minimum Gasteiger partial charge on any atom is -0.468 e. The number of ether oxygens (including phenoxy) is 1. The standard InChI is InChI=1S/C12H16N2O3/c1-8(2)11(12(15)16-3)14-7-10-5-4-9(6-13)17-10/h4-5,8,11,14H,7H2,1-3H3. The number of rotatable bonds is 5. The van der Waals surface area contributed by atoms with E-state index in [1.165, 1.54) is 7.11 Å². The van der Waals surface area contributed by atoms with Crippen LogP contribution in [0.25, 0.3) is 0 Å². The van der Waals surface area contributed by atoms with Gasteiger partial charge in [-0.05, 0) is 18.1 Å². The molecule has 0 amide bonds. The Labute approximate surface area is 100 Å². The number of hydrogen-bond acceptors (Lipinski definition) is 5. The quantitative estimate of drug-likeness (QED) is 0.783. The molecule has 1 unspecified atom stereocenters. The minimum absolute atomic E-state index is 0.118. The number of nitriles is 1. The smallest absolute Gasteiger partial charge is 0.323 e. The van der Waals surface area contributed by atoms with E-state index in [0.29, 0.717) is 12.3 Å². The fourth-order valence-corrected chi connectivity index (χ4v) is 1.46. The zero-order valence-electron chi connectivity index (χ0n) is 10.2. The number of esters is 1. The molecule has 0 saturated heterocycles. The number of carbonyl (C=O) groups is 1. The normalized spacial score (nSPS) is 12.2. The molecule has 0 aliphatic rings. The second kappa shape index (κ2) is 6.06. The van der Waals surface area contributed by atoms with Crippen LogP contribution in [0.4, 0.5) is 0 Å². The Kier molecular flexibility index (Phi) is 4.73. The first-order valence-corrected chi connectivity index (χ1v) is 5.38. The number of nitrogens with zero attached hydrogens (tertiary/aromatic N) is 1. The monoisotopic (exact) mass is 236 g/mol. The molecule has 1 aromatic heterocycles. The molecule has 0 aromatic carbocycles. The summed E-state index contributed by atoms with van der Waals surface area (Å²) in [6, 6.07) is 4.83. The van der Waals surface area contributed by atoms with Crippen LogP contribution in [0.2, 0.25) is 0 Å². The van der Waals surface area contributed by atoms with Crippen molar-refractivity contribution in [3.63, 3.8) is 0 Å². The van der Waals surface area contributed by atoms with Gasteiger partial charge in [0.25, 0.3) is 0 Å². The summed E-state index contributed by atoms with van der Waals surface area (Å²) in [6.07, 6.45) is 0. The molecule has 1 rings (SSSR count). The minimum atomic E-state index is -0.379. The molecule has 0 aliphatic heterocycles. The summed E-state index contributed by atoms with van der Waals surface area (Å²) in [5, 5.41) is 11.7. The molecule has 0 bridgehead atoms. The Hall–Kier alpha value is -1.80. The van der Waals surface area contributed by atoms with Gasteiger partial charge in [0.2, 0.25) is 5.76 Å². The van der Waals surface area contributed by atoms with Gasteiger partial charge in [0.05, 0.1) is 13.7 Å². The number of carbonyl (C=O) groups excluding carboxylic acids is 1. The molecule has 0 fully saturated rings. The highest BCUT2D eigenvalue weighted by Gasteiger charge is 2.22. The summed E-state index contributed by atoms with van der Waals surface area (Å²) in [7, 11) is 1.36. The number of furan rings is 1. The van der Waals surface area contributed by atoms with E-state index in [0.717, 1.165) is 0 Å². The van der Waals surface area contributed by atoms with Crippen LogP contribution in [0.1, 0.15) is 25.4 Å². The lowest BCUT2D eigenvalue weighted by Crippen LogP contribution is -2.41. The van der Waals surface area contributed by atoms with Gasteiger partial charge in [-0.1, -0.05) is 13.8 Å². The second-order valence-electron chi connectivity index (χ2n) is 4.00. The summed E-state index contributed by atoms with van der Waals surface area (Å²) in [4.78, 5) is 11.5. The van der Waals surface area contributed by atoms with Crippen molar-refractivity contribution in [3.05, 3.63) is 23.7 Å². The Morgan fingerprint density at radius 1 is 1.59 bits per heavy atom. The van der Waals surface area contributed by atoms with Crippen molar-refractivity contribution in [2.24, 2.45) is 5.92 Å². The molecule has 0 radical (unpaired) electrons. The van der Waals surface area contributed by atoms with Gasteiger partial charge < -0.3 is 9.15 Å². The van der Waals surface area contributed by atoms with Crippen molar-refractivity contribution < 1.29 is 13.9 Å². The van der Waals surface area contributed by atoms with Gasteiger partial charge in [-0.3, -0.25) is 10.1 Å². The van der Waals surface area contributed by atoms with Crippen molar-refractivity contribution in [1.82, 2.24) is 5.32 Å². The SMILES string of the molecule is COC(=O)C(NCc1ccc(C#N)o1)C(C)C. The van der Waals surface area contributed by atoms with Crippen molar-refractivity contribution in [2.75, 3.05) is 7.11 Å². The molecule has 92 valence electrons. The summed E-state index contributed by atoms with van der Waals surface area (Å²) < 4.78 is 9.90. The molecule has 0 spiro atoms. The third-order valence-corrected chi connectivity index (χ3v) is 2.39. The highest BCUT2D eigenvalue weighted by Crippen LogP contribution is 2.09. The van der Waals surface area contributed by atoms with E-state index in [-0.39, 0.29) is 23.7 Å². The van der Waals surface area contributed by atoms with Gasteiger partial charge in [0, 0.05) is 0 Å². The van der Waals surface area contributed by atoms with Crippen LogP contribution in [0.15, 0.2) is 16.5 Å². The van der Waals surface area contributed by atoms with Gasteiger partial charge in [0.1, 0.15) is 17.9 Å². The average molecular weight is 236 g/mol. The molecule has 1 aromatic rings. The average Bonchev–Trinajstić information content (AvgIpc) is 2.76. The fraction of sp³-hybridized carbons (Fsp3) is 0.500. The second-order valence-corrected chi connectivity index (χ2v) is 4.00. The first-order chi connectivity index (χ1) is 8.08. The lowest BCUT2D eigenvalue weighted by atomic mass is 10.0. The van der Waals surface area contributed by atoms with E-state index >= 15 is 0 Å². The summed E-state index contributed by atoms with van der Waals surface area (Å²) in [6.45, 7) is 4.24. The first-order valence-electron chi connectivity index (χ1n) is 5.38. The molecule has 0 aliphatic carbocycles. The molecule has 1 N–H and O–H groups in total. The molecular formula is C12H16N2O3. The van der Waals surface area contributed by atoms with Crippen LogP contribution < -0.4 is 5.32 Å². The Balaban J connectivity index is 2.58. The highest BCUT2D eigenvalue weighted by atomic mass is 16.5. The van der Waals surface area contributed by atoms with Gasteiger partial charge in [-0.15, -0.1) is 0 Å². The van der Waals surface area contributed by atoms with Crippen molar-refractivity contribution >= 4 is 5.97 Å². The predicted octanol–water partition coefficient (Wildman–Crippen LogP) is 1.44. The summed E-state index contributed by atoms with van der Waals surface area (Å²) in [5.41, 5.74) is 0. The van der Waals surface area contributed by atoms with Crippen LogP contribution in [-0.4, -0.2) is 19.1 Å². The van der Waals surface area contributed by atoms with E-state index in [1.807, 2.05) is 19.9 Å². The van der Waals surface area contributed by atoms with Crippen LogP contribution in [0, 0.1) is 17.2 Å². The van der Waals surface area contributed by atoms with Crippen LogP contribution >= 0.6 is 0 Å². The van der Waals surface area contributed by atoms with Gasteiger partial charge in [0.15, 0.2) is 0 Å². The largest absolute Gasteiger partial charge is 0.468 e. The van der Waals surface area contributed by atoms with Crippen molar-refractivity contribution in [3.8, 4) is 6.07 Å². The number of hydrogen-bond donors (Lipinski definition) is 1. The molecule has 5 nitrogen and oxygen atoms in total. The topological polar surface area (TPSA) is 75.3 Å². The van der Waals surface area contributed by atoms with Crippen LogP contribution in [0.5, 0.6) is 0 Å². The van der Waals surface area contributed by atoms with Gasteiger partial charge in [-0.2, -0.15) is 5.26 Å². The molecular weight excluding hydrogens is 220 g/mol. The summed E-state index contributed by atoms with van der Waals surface area (Å²) in [5.74, 6) is 0.706. The summed E-state index contributed by atoms with van der Waals surface area (Å²) >= 11 is 0. The maximum absolute atomic E-state index is 11.5. The predicted molar refractivity (Wildman–Crippen MR) is 60.9 cm³/mol. The first kappa shape index (κ1) is 13.3. The van der Waals surface area contributed by atoms with Gasteiger partial charge in [-0.25, -0.2) is 0 Å². The third-order valence-electron chi connectivity index (χ3n) is 2.39. The molecule has 17 heavy (non-hydrogen) atoms. The van der Waals surface area contributed by atoms with E-state index < -0.39 is 0 Å². The molecule has 1 atom stereocenters. The third kappa shape index (κ3) is 3.61. The van der Waals surface area contributed by atoms with E-state index in [9.17, 15) is 4.79 Å². The maximum atomic E-state index is 11.5. The highest BCUT2D eigenvalue weighted by molar-refractivity contribution is 5.75. The Morgan fingerprint density at radius 3 is 2.76 bits per heavy atom. The Morgan fingerprint density at radius 2 is 2.29 bits per heavy atom. The van der Waals surface area contributed by atoms with Crippen molar-refractivity contribution in [2.45, 2.75) is 26.4 Å². The zero-order valence-corrected chi connectivity index (χ0v) is 10.2. The van der Waals surface area contributed by atoms with Gasteiger partial charge >= 0.3 is 5.97 Å². The lowest BCUT2D eigenvalue weighted by Gasteiger charge is -2.18. The van der Waals surface area contributed by atoms with Crippen LogP contribution in [0.3, 0.4) is 0 Å². The number of nitrogens with one attached hydrogen (secondary N) is 1. The van der Waals surface area contributed by atoms with E-state index in [4.69, 9.17) is 14.4 Å². The Bertz CT molecular complexity index is 418. The fourth-order valence-electron chi connectivity index (χ4n) is 1.46. The van der Waals surface area contributed by atoms with E-state index in [1.54, 1.807) is 12.1 Å². The molecule has 5 heteroatoms. The lowest BCUT2D eigenvalue weighted by molar-refractivity contribution is -0.144. The number of methoxy groups -OCH3 is 1. The molecule has 0 saturated carbocycles. The van der Waals surface area contributed by atoms with E-state index in [2.05, 4.69) is 5.32 Å². The molecule has 1 heterocycles. The maximum Gasteiger partial charge on any atom is 0.323 e. The zero-order chi connectivity index (χ0) is 12.8. The van der Waals surface area contributed by atoms with Crippen LogP contribution in [-0.2, 0) is 16.1 Å².